The summed E-state index contributed by atoms with van der Waals surface area (Å²) in [4.78, 5) is 31.7. The van der Waals surface area contributed by atoms with Crippen molar-refractivity contribution >= 4 is 5.91 Å². The average Bonchev–Trinajstić information content (AvgIpc) is 2.71. The number of amides is 1. The highest BCUT2D eigenvalue weighted by Crippen LogP contribution is 2.14. The average molecular weight is 391 g/mol. The van der Waals surface area contributed by atoms with Crippen LogP contribution in [-0.4, -0.2) is 23.2 Å². The van der Waals surface area contributed by atoms with Crippen molar-refractivity contribution < 1.29 is 9.90 Å². The Morgan fingerprint density at radius 1 is 0.893 bits per heavy atom. The molecule has 6 heteroatoms. The number of carbonyl (C=O) groups is 1. The van der Waals surface area contributed by atoms with E-state index in [0.717, 1.165) is 32.1 Å². The fourth-order valence-corrected chi connectivity index (χ4v) is 2.67. The van der Waals surface area contributed by atoms with Gasteiger partial charge in [0.1, 0.15) is 6.04 Å². The number of carbonyl (C=O) groups excluding carboxylic acids is 1. The molecule has 1 N–H and O–H groups in total. The van der Waals surface area contributed by atoms with Crippen LogP contribution in [0, 0.1) is 15.7 Å². The van der Waals surface area contributed by atoms with Gasteiger partial charge in [0.05, 0.1) is 6.10 Å². The molecule has 156 valence electrons. The van der Waals surface area contributed by atoms with Crippen molar-refractivity contribution in [2.75, 3.05) is 0 Å². The number of hydrogen-bond acceptors (Lipinski definition) is 5. The summed E-state index contributed by atoms with van der Waals surface area (Å²) in [6.45, 7) is 4.17. The minimum atomic E-state index is -0.852. The highest BCUT2D eigenvalue weighted by Gasteiger charge is 2.16. The molecule has 0 unspecified atom stereocenters. The molecule has 28 heavy (non-hydrogen) atoms. The van der Waals surface area contributed by atoms with Crippen LogP contribution in [0.4, 0.5) is 0 Å². The van der Waals surface area contributed by atoms with Crippen LogP contribution in [0.15, 0.2) is 59.0 Å². The first kappa shape index (κ1) is 25.8. The van der Waals surface area contributed by atoms with Gasteiger partial charge in [0, 0.05) is 11.6 Å². The summed E-state index contributed by atoms with van der Waals surface area (Å²) in [5, 5.41) is 15.4. The normalized spacial score (nSPS) is 15.5. The van der Waals surface area contributed by atoms with Crippen LogP contribution in [0.3, 0.4) is 0 Å². The van der Waals surface area contributed by atoms with Gasteiger partial charge in [-0.3, -0.25) is 4.79 Å². The maximum atomic E-state index is 10.9. The van der Waals surface area contributed by atoms with Gasteiger partial charge in [0.15, 0.2) is 0 Å². The molecule has 0 heterocycles. The Labute approximate surface area is 168 Å². The standard InChI is InChI=1S/C22H34N2O4/c1-3-5-10-16-20(23-27)21(25)17-12-9-7-6-8-11-14-19(4-2)15-13-18-22(26)24-28/h6-9,11-12,14,17,19-21,25H,3-5,10,13,15-16,18H2,1-2H3/b8-6-,9-7+,14-11+,17-12+/t19-,20-,21+/m1/s1. The van der Waals surface area contributed by atoms with Crippen LogP contribution >= 0.6 is 0 Å². The molecule has 0 aliphatic heterocycles. The van der Waals surface area contributed by atoms with Gasteiger partial charge >= 0.3 is 0 Å². The van der Waals surface area contributed by atoms with Crippen LogP contribution in [0.25, 0.3) is 0 Å². The Balaban J connectivity index is 4.23. The monoisotopic (exact) mass is 390 g/mol. The molecule has 0 aromatic carbocycles. The fraction of sp³-hybridized carbons (Fsp3) is 0.591. The van der Waals surface area contributed by atoms with E-state index < -0.39 is 18.1 Å². The second kappa shape index (κ2) is 18.2. The number of nitrogens with zero attached hydrogens (tertiary/aromatic N) is 2. The summed E-state index contributed by atoms with van der Waals surface area (Å²) in [5.74, 6) is -0.221. The Hall–Kier alpha value is -2.21. The number of hydrogen-bond donors (Lipinski definition) is 1. The predicted octanol–water partition coefficient (Wildman–Crippen LogP) is 5.78. The van der Waals surface area contributed by atoms with Crippen LogP contribution in [0.1, 0.15) is 65.2 Å². The topological polar surface area (TPSA) is 96.2 Å². The van der Waals surface area contributed by atoms with E-state index in [-0.39, 0.29) is 6.42 Å². The molecular weight excluding hydrogens is 356 g/mol. The maximum Gasteiger partial charge on any atom is 0.286 e. The number of nitroso groups, excluding NO2 is 2. The highest BCUT2D eigenvalue weighted by molar-refractivity contribution is 5.76. The van der Waals surface area contributed by atoms with Gasteiger partial charge in [-0.1, -0.05) is 86.9 Å². The van der Waals surface area contributed by atoms with Gasteiger partial charge in [-0.2, -0.15) is 4.91 Å². The van der Waals surface area contributed by atoms with E-state index in [9.17, 15) is 19.7 Å². The van der Waals surface area contributed by atoms with Crippen molar-refractivity contribution in [1.29, 1.82) is 0 Å². The van der Waals surface area contributed by atoms with E-state index in [1.54, 1.807) is 18.2 Å². The Bertz CT molecular complexity index is 553. The van der Waals surface area contributed by atoms with E-state index in [0.29, 0.717) is 18.8 Å². The molecule has 0 saturated heterocycles. The van der Waals surface area contributed by atoms with Gasteiger partial charge in [-0.15, -0.1) is 4.91 Å². The second-order valence-corrected chi connectivity index (χ2v) is 6.74. The maximum absolute atomic E-state index is 10.9. The summed E-state index contributed by atoms with van der Waals surface area (Å²) in [7, 11) is 0. The number of unbranched alkanes of at least 4 members (excludes halogenated alkanes) is 2. The van der Waals surface area contributed by atoms with Crippen LogP contribution in [-0.2, 0) is 4.79 Å². The molecule has 0 spiro atoms. The van der Waals surface area contributed by atoms with E-state index in [2.05, 4.69) is 30.3 Å². The van der Waals surface area contributed by atoms with Crippen molar-refractivity contribution in [3.63, 3.8) is 0 Å². The fourth-order valence-electron chi connectivity index (χ4n) is 2.67. The number of aliphatic hydroxyl groups is 1. The first-order valence-corrected chi connectivity index (χ1v) is 10.1. The zero-order chi connectivity index (χ0) is 21.0. The third-order valence-electron chi connectivity index (χ3n) is 4.47. The lowest BCUT2D eigenvalue weighted by Crippen LogP contribution is -2.21. The van der Waals surface area contributed by atoms with E-state index >= 15 is 0 Å². The van der Waals surface area contributed by atoms with Crippen LogP contribution in [0.2, 0.25) is 0 Å². The van der Waals surface area contributed by atoms with E-state index in [4.69, 9.17) is 0 Å². The molecule has 0 radical (unpaired) electrons. The zero-order valence-electron chi connectivity index (χ0n) is 17.1. The van der Waals surface area contributed by atoms with Crippen molar-refractivity contribution in [2.24, 2.45) is 16.3 Å². The lowest BCUT2D eigenvalue weighted by molar-refractivity contribution is -0.118. The molecule has 0 fully saturated rings. The second-order valence-electron chi connectivity index (χ2n) is 6.74. The highest BCUT2D eigenvalue weighted by atomic mass is 16.3. The molecule has 0 aliphatic rings. The van der Waals surface area contributed by atoms with Gasteiger partial charge in [0.2, 0.25) is 0 Å². The van der Waals surface area contributed by atoms with Gasteiger partial charge in [0.25, 0.3) is 5.91 Å². The quantitative estimate of drug-likeness (QED) is 0.205. The predicted molar refractivity (Wildman–Crippen MR) is 115 cm³/mol. The third kappa shape index (κ3) is 13.9. The largest absolute Gasteiger partial charge is 0.387 e. The van der Waals surface area contributed by atoms with Crippen LogP contribution in [0.5, 0.6) is 0 Å². The molecule has 0 rings (SSSR count). The van der Waals surface area contributed by atoms with Crippen molar-refractivity contribution in [2.45, 2.75) is 77.4 Å². The Kier molecular flexibility index (Phi) is 16.7. The summed E-state index contributed by atoms with van der Waals surface area (Å²) in [5.41, 5.74) is 0. The lowest BCUT2D eigenvalue weighted by atomic mass is 9.98. The third-order valence-corrected chi connectivity index (χ3v) is 4.47. The SMILES string of the molecule is CCCCC[C@@H](N=O)[C@@H](O)/C=C/C=C/C=C\C=C\[C@@H](CC)CCCC(=O)N=O. The van der Waals surface area contributed by atoms with Gasteiger partial charge < -0.3 is 5.11 Å². The summed E-state index contributed by atoms with van der Waals surface area (Å²) < 4.78 is 0. The van der Waals surface area contributed by atoms with Crippen molar-refractivity contribution in [1.82, 2.24) is 0 Å². The number of aliphatic hydroxyl groups excluding tert-OH is 1. The molecule has 0 aromatic heterocycles. The van der Waals surface area contributed by atoms with Gasteiger partial charge in [-0.25, -0.2) is 0 Å². The summed E-state index contributed by atoms with van der Waals surface area (Å²) >= 11 is 0. The first-order chi connectivity index (χ1) is 13.6. The zero-order valence-corrected chi connectivity index (χ0v) is 17.1. The summed E-state index contributed by atoms with van der Waals surface area (Å²) in [6.07, 6.45) is 20.2. The smallest absolute Gasteiger partial charge is 0.286 e. The van der Waals surface area contributed by atoms with E-state index in [1.807, 2.05) is 24.3 Å². The van der Waals surface area contributed by atoms with E-state index in [1.165, 1.54) is 0 Å². The molecule has 1 amide bonds. The molecule has 6 nitrogen and oxygen atoms in total. The molecule has 3 atom stereocenters. The molecule has 0 aromatic rings. The molecular formula is C22H34N2O4. The Morgan fingerprint density at radius 2 is 1.54 bits per heavy atom. The lowest BCUT2D eigenvalue weighted by Gasteiger charge is -2.12. The number of rotatable bonds is 16. The molecule has 0 bridgehead atoms. The number of allylic oxidation sites excluding steroid dienone is 7. The van der Waals surface area contributed by atoms with Crippen LogP contribution < -0.4 is 0 Å². The Morgan fingerprint density at radius 3 is 2.11 bits per heavy atom. The molecule has 0 saturated carbocycles. The van der Waals surface area contributed by atoms with Crippen molar-refractivity contribution in [3.8, 4) is 0 Å². The van der Waals surface area contributed by atoms with Crippen molar-refractivity contribution in [3.05, 3.63) is 58.4 Å². The molecule has 0 aliphatic carbocycles. The minimum Gasteiger partial charge on any atom is -0.387 e. The van der Waals surface area contributed by atoms with Gasteiger partial charge in [-0.05, 0) is 31.6 Å². The first-order valence-electron chi connectivity index (χ1n) is 10.1. The summed E-state index contributed by atoms with van der Waals surface area (Å²) in [6, 6.07) is -0.585. The minimum absolute atomic E-state index is 0.212.